The van der Waals surface area contributed by atoms with Gasteiger partial charge in [-0.3, -0.25) is 28.8 Å². The van der Waals surface area contributed by atoms with E-state index in [4.69, 9.17) is 28.4 Å². The number of benzene rings is 2. The van der Waals surface area contributed by atoms with Crippen LogP contribution in [0.4, 0.5) is 0 Å². The normalized spacial score (nSPS) is 28.4. The minimum atomic E-state index is -0.499. The Morgan fingerprint density at radius 1 is 0.508 bits per heavy atom. The predicted molar refractivity (Wildman–Crippen MR) is 213 cm³/mol. The lowest BCUT2D eigenvalue weighted by Gasteiger charge is -2.55. The number of piperidine rings is 4. The molecular weight excluding hydrogens is 760 g/mol. The standard InChI is InChI=1S/C45H60N2O12/c1-28(48)54-40-18-16-32(20-42(40)56-30(3)50)26-46(5)34-10-7-11-35(46)23-38(22-34)58-44(52)14-9-15-45(53)59-39-24-36-12-8-13-37(25-39)47(36,6)27-33-17-19-41(55-29(2)49)43(21-33)57-31(4)51/h16-21,34-39H,7-15,22-27H2,1-6H3/q+2. The fraction of sp³-hybridized carbons (Fsp3) is 0.600. The maximum atomic E-state index is 13.1. The molecule has 6 rings (SSSR count). The zero-order chi connectivity index (χ0) is 42.5. The fourth-order valence-corrected chi connectivity index (χ4v) is 10.4. The van der Waals surface area contributed by atoms with Gasteiger partial charge in [0.2, 0.25) is 0 Å². The highest BCUT2D eigenvalue weighted by Gasteiger charge is 2.51. The number of nitrogens with zero attached hydrogens (tertiary/aromatic N) is 2. The lowest BCUT2D eigenvalue weighted by molar-refractivity contribution is -0.979. The largest absolute Gasteiger partial charge is 0.462 e. The summed E-state index contributed by atoms with van der Waals surface area (Å²) >= 11 is 0. The summed E-state index contributed by atoms with van der Waals surface area (Å²) in [7, 11) is 4.50. The second kappa shape index (κ2) is 18.6. The number of carbonyl (C=O) groups is 6. The first-order valence-electron chi connectivity index (χ1n) is 21.1. The van der Waals surface area contributed by atoms with E-state index in [9.17, 15) is 28.8 Å². The number of hydrogen-bond acceptors (Lipinski definition) is 12. The van der Waals surface area contributed by atoms with Gasteiger partial charge in [0.25, 0.3) is 0 Å². The summed E-state index contributed by atoms with van der Waals surface area (Å²) in [6.07, 6.45) is 9.55. The average Bonchev–Trinajstić information content (AvgIpc) is 3.10. The van der Waals surface area contributed by atoms with E-state index >= 15 is 0 Å². The van der Waals surface area contributed by atoms with Gasteiger partial charge in [-0.25, -0.2) is 0 Å². The van der Waals surface area contributed by atoms with E-state index in [1.54, 1.807) is 24.3 Å². The number of rotatable bonds is 14. The molecule has 4 saturated heterocycles. The molecule has 4 heterocycles. The van der Waals surface area contributed by atoms with Gasteiger partial charge in [0.15, 0.2) is 23.0 Å². The Hall–Kier alpha value is -4.82. The number of fused-ring (bicyclic) bond motifs is 4. The molecular formula is C45H60N2O12+2. The maximum Gasteiger partial charge on any atom is 0.308 e. The van der Waals surface area contributed by atoms with Crippen LogP contribution in [0.3, 0.4) is 0 Å². The Morgan fingerprint density at radius 3 is 1.15 bits per heavy atom. The van der Waals surface area contributed by atoms with Crippen molar-refractivity contribution in [2.24, 2.45) is 0 Å². The van der Waals surface area contributed by atoms with Crippen LogP contribution in [0, 0.1) is 0 Å². The van der Waals surface area contributed by atoms with Gasteiger partial charge in [0, 0.05) is 77.3 Å². The number of carbonyl (C=O) groups excluding carboxylic acids is 6. The monoisotopic (exact) mass is 820 g/mol. The van der Waals surface area contributed by atoms with Crippen molar-refractivity contribution < 1.29 is 66.2 Å². The molecule has 14 heteroatoms. The molecule has 0 saturated carbocycles. The molecule has 4 fully saturated rings. The molecule has 0 radical (unpaired) electrons. The molecule has 14 nitrogen and oxygen atoms in total. The van der Waals surface area contributed by atoms with Gasteiger partial charge in [-0.2, -0.15) is 0 Å². The first-order chi connectivity index (χ1) is 28.0. The number of esters is 6. The van der Waals surface area contributed by atoms with Crippen molar-refractivity contribution in [2.45, 2.75) is 161 Å². The Labute approximate surface area is 346 Å². The number of quaternary nitrogens is 2. The second-order valence-electron chi connectivity index (χ2n) is 17.4. The van der Waals surface area contributed by atoms with E-state index in [0.29, 0.717) is 19.5 Å². The molecule has 4 bridgehead atoms. The van der Waals surface area contributed by atoms with Crippen LogP contribution < -0.4 is 18.9 Å². The lowest BCUT2D eigenvalue weighted by atomic mass is 9.80. The maximum absolute atomic E-state index is 13.1. The minimum absolute atomic E-state index is 0.150. The van der Waals surface area contributed by atoms with Crippen molar-refractivity contribution in [1.29, 1.82) is 0 Å². The quantitative estimate of drug-likeness (QED) is 0.118. The molecule has 0 aliphatic carbocycles. The van der Waals surface area contributed by atoms with Gasteiger partial charge >= 0.3 is 35.8 Å². The van der Waals surface area contributed by atoms with Gasteiger partial charge < -0.3 is 37.4 Å². The lowest BCUT2D eigenvalue weighted by Crippen LogP contribution is -2.65. The molecule has 0 amide bonds. The molecule has 4 unspecified atom stereocenters. The molecule has 0 aromatic heterocycles. The predicted octanol–water partition coefficient (Wildman–Crippen LogP) is 6.40. The second-order valence-corrected chi connectivity index (χ2v) is 17.4. The molecule has 4 aliphatic heterocycles. The Kier molecular flexibility index (Phi) is 13.8. The molecule has 0 spiro atoms. The van der Waals surface area contributed by atoms with Gasteiger partial charge in [-0.1, -0.05) is 0 Å². The van der Waals surface area contributed by atoms with E-state index < -0.39 is 23.9 Å². The van der Waals surface area contributed by atoms with Gasteiger partial charge in [0.05, 0.1) is 38.3 Å². The van der Waals surface area contributed by atoms with Crippen LogP contribution in [0.2, 0.25) is 0 Å². The molecule has 320 valence electrons. The first-order valence-corrected chi connectivity index (χ1v) is 21.1. The molecule has 59 heavy (non-hydrogen) atoms. The average molecular weight is 821 g/mol. The summed E-state index contributed by atoms with van der Waals surface area (Å²) in [5.41, 5.74) is 1.92. The van der Waals surface area contributed by atoms with E-state index in [-0.39, 0.29) is 84.2 Å². The minimum Gasteiger partial charge on any atom is -0.462 e. The fourth-order valence-electron chi connectivity index (χ4n) is 10.4. The third-order valence-corrected chi connectivity index (χ3v) is 13.1. The Bertz CT molecular complexity index is 1760. The van der Waals surface area contributed by atoms with Crippen LogP contribution >= 0.6 is 0 Å². The first kappa shape index (κ1) is 43.8. The third-order valence-electron chi connectivity index (χ3n) is 13.1. The number of ether oxygens (including phenoxy) is 6. The SMILES string of the molecule is CC(=O)Oc1ccc(C[N+]2(C)C3CCCC2CC(OC(=O)CCCC(=O)OC2CC4CCCC(C2)[N+]4(C)Cc2ccc(OC(C)=O)c(OC(C)=O)c2)C3)cc1OC(C)=O. The van der Waals surface area contributed by atoms with Gasteiger partial charge in [0.1, 0.15) is 25.3 Å². The molecule has 4 atom stereocenters. The summed E-state index contributed by atoms with van der Waals surface area (Å²) in [5, 5.41) is 0. The van der Waals surface area contributed by atoms with Crippen LogP contribution in [0.5, 0.6) is 23.0 Å². The third kappa shape index (κ3) is 10.9. The summed E-state index contributed by atoms with van der Waals surface area (Å²) in [5.74, 6) is -1.74. The van der Waals surface area contributed by atoms with Gasteiger partial charge in [-0.05, 0) is 81.3 Å². The Morgan fingerprint density at radius 2 is 0.831 bits per heavy atom. The highest BCUT2D eigenvalue weighted by Crippen LogP contribution is 2.44. The molecule has 2 aromatic carbocycles. The smallest absolute Gasteiger partial charge is 0.308 e. The van der Waals surface area contributed by atoms with Crippen molar-refractivity contribution in [3.05, 3.63) is 47.5 Å². The van der Waals surface area contributed by atoms with Crippen molar-refractivity contribution in [3.8, 4) is 23.0 Å². The Balaban J connectivity index is 0.971. The van der Waals surface area contributed by atoms with Crippen LogP contribution in [0.15, 0.2) is 36.4 Å². The van der Waals surface area contributed by atoms with Crippen LogP contribution in [-0.2, 0) is 51.3 Å². The summed E-state index contributed by atoms with van der Waals surface area (Å²) in [6, 6.07) is 11.8. The summed E-state index contributed by atoms with van der Waals surface area (Å²) < 4.78 is 34.9. The number of hydrogen-bond donors (Lipinski definition) is 0. The zero-order valence-corrected chi connectivity index (χ0v) is 35.3. The van der Waals surface area contributed by atoms with Crippen LogP contribution in [0.1, 0.15) is 122 Å². The van der Waals surface area contributed by atoms with Crippen molar-refractivity contribution in [2.75, 3.05) is 14.1 Å². The van der Waals surface area contributed by atoms with E-state index in [0.717, 1.165) is 84.3 Å². The highest BCUT2D eigenvalue weighted by molar-refractivity contribution is 5.75. The van der Waals surface area contributed by atoms with Crippen LogP contribution in [0.25, 0.3) is 0 Å². The van der Waals surface area contributed by atoms with Crippen molar-refractivity contribution >= 4 is 35.8 Å². The van der Waals surface area contributed by atoms with E-state index in [2.05, 4.69) is 14.1 Å². The highest BCUT2D eigenvalue weighted by atomic mass is 16.6. The van der Waals surface area contributed by atoms with Crippen molar-refractivity contribution in [1.82, 2.24) is 0 Å². The zero-order valence-electron chi connectivity index (χ0n) is 35.3. The van der Waals surface area contributed by atoms with Gasteiger partial charge in [-0.15, -0.1) is 0 Å². The summed E-state index contributed by atoms with van der Waals surface area (Å²) in [4.78, 5) is 72.9. The molecule has 2 aromatic rings. The van der Waals surface area contributed by atoms with E-state index in [1.165, 1.54) is 27.7 Å². The van der Waals surface area contributed by atoms with Crippen molar-refractivity contribution in [3.63, 3.8) is 0 Å². The van der Waals surface area contributed by atoms with E-state index in [1.807, 2.05) is 12.1 Å². The molecule has 0 N–H and O–H groups in total. The summed E-state index contributed by atoms with van der Waals surface area (Å²) in [6.45, 7) is 6.60. The topological polar surface area (TPSA) is 158 Å². The van der Waals surface area contributed by atoms with Crippen LogP contribution in [-0.4, -0.2) is 95.3 Å². The molecule has 4 aliphatic rings.